The van der Waals surface area contributed by atoms with Crippen LogP contribution in [-0.2, 0) is 11.3 Å². The van der Waals surface area contributed by atoms with Crippen LogP contribution in [-0.4, -0.2) is 36.7 Å². The molecule has 142 valence electrons. The molecule has 4 rings (SSSR count). The molecule has 3 aromatic heterocycles. The number of fused-ring (bicyclic) bond motifs is 1. The van der Waals surface area contributed by atoms with Crippen LogP contribution in [0.15, 0.2) is 55.2 Å². The highest BCUT2D eigenvalue weighted by atomic mass is 19.1. The van der Waals surface area contributed by atoms with Gasteiger partial charge in [0.05, 0.1) is 12.9 Å². The van der Waals surface area contributed by atoms with Crippen molar-refractivity contribution >= 4 is 17.5 Å². The normalized spacial score (nSPS) is 10.9. The number of benzene rings is 1. The number of hydrogen-bond acceptors (Lipinski definition) is 5. The number of imidazole rings is 1. The Morgan fingerprint density at radius 2 is 2.11 bits per heavy atom. The highest BCUT2D eigenvalue weighted by Crippen LogP contribution is 2.26. The molecular weight excluding hydrogens is 363 g/mol. The Bertz CT molecular complexity index is 1120. The van der Waals surface area contributed by atoms with E-state index < -0.39 is 5.82 Å². The van der Waals surface area contributed by atoms with Crippen LogP contribution in [0.3, 0.4) is 0 Å². The molecule has 0 atom stereocenters. The predicted molar refractivity (Wildman–Crippen MR) is 100 cm³/mol. The molecule has 0 fully saturated rings. The van der Waals surface area contributed by atoms with Gasteiger partial charge in [0, 0.05) is 24.2 Å². The smallest absolute Gasteiger partial charge is 0.249 e. The molecule has 9 heteroatoms. The molecule has 0 bridgehead atoms. The third-order valence-electron chi connectivity index (χ3n) is 4.03. The van der Waals surface area contributed by atoms with Crippen molar-refractivity contribution in [3.8, 4) is 16.9 Å². The molecule has 3 heterocycles. The molecule has 8 nitrogen and oxygen atoms in total. The van der Waals surface area contributed by atoms with E-state index in [-0.39, 0.29) is 24.1 Å². The Morgan fingerprint density at radius 1 is 1.25 bits per heavy atom. The molecule has 0 radical (unpaired) electrons. The fourth-order valence-electron chi connectivity index (χ4n) is 2.77. The number of hydrogen-bond donors (Lipinski definition) is 1. The molecule has 0 spiro atoms. The zero-order valence-electron chi connectivity index (χ0n) is 15.0. The first-order valence-corrected chi connectivity index (χ1v) is 8.67. The van der Waals surface area contributed by atoms with E-state index in [2.05, 4.69) is 20.4 Å². The minimum atomic E-state index is -0.425. The number of nitrogens with zero attached hydrogens (tertiary/aromatic N) is 5. The van der Waals surface area contributed by atoms with Crippen LogP contribution in [0, 0.1) is 5.82 Å². The van der Waals surface area contributed by atoms with Gasteiger partial charge in [0.15, 0.2) is 17.2 Å². The van der Waals surface area contributed by atoms with Crippen molar-refractivity contribution in [2.75, 3.05) is 11.9 Å². The highest BCUT2D eigenvalue weighted by Gasteiger charge is 2.11. The average molecular weight is 380 g/mol. The first-order chi connectivity index (χ1) is 13.6. The predicted octanol–water partition coefficient (Wildman–Crippen LogP) is 2.77. The second kappa shape index (κ2) is 7.47. The number of halogens is 1. The van der Waals surface area contributed by atoms with Crippen molar-refractivity contribution in [2.24, 2.45) is 0 Å². The van der Waals surface area contributed by atoms with Crippen LogP contribution in [0.4, 0.5) is 10.3 Å². The van der Waals surface area contributed by atoms with Crippen molar-refractivity contribution < 1.29 is 13.9 Å². The molecule has 1 aromatic carbocycles. The van der Waals surface area contributed by atoms with Crippen LogP contribution >= 0.6 is 0 Å². The maximum Gasteiger partial charge on any atom is 0.249 e. The van der Waals surface area contributed by atoms with E-state index in [4.69, 9.17) is 4.74 Å². The Labute approximate surface area is 159 Å². The van der Waals surface area contributed by atoms with Gasteiger partial charge >= 0.3 is 0 Å². The lowest BCUT2D eigenvalue weighted by molar-refractivity contribution is -0.116. The Kier molecular flexibility index (Phi) is 4.71. The number of ether oxygens (including phenoxy) is 1. The number of aromatic nitrogens is 5. The quantitative estimate of drug-likeness (QED) is 0.556. The van der Waals surface area contributed by atoms with Gasteiger partial charge in [0.1, 0.15) is 6.54 Å². The monoisotopic (exact) mass is 380 g/mol. The first kappa shape index (κ1) is 17.7. The van der Waals surface area contributed by atoms with Crippen molar-refractivity contribution in [3.05, 3.63) is 61.1 Å². The van der Waals surface area contributed by atoms with Crippen molar-refractivity contribution in [1.82, 2.24) is 24.1 Å². The number of pyridine rings is 1. The largest absolute Gasteiger partial charge is 0.491 e. The molecular formula is C19H17FN6O2. The lowest BCUT2D eigenvalue weighted by Gasteiger charge is -2.07. The van der Waals surface area contributed by atoms with Crippen LogP contribution < -0.4 is 10.1 Å². The van der Waals surface area contributed by atoms with Crippen LogP contribution in [0.5, 0.6) is 5.75 Å². The molecule has 0 aliphatic rings. The van der Waals surface area contributed by atoms with Gasteiger partial charge in [-0.1, -0.05) is 6.07 Å². The average Bonchev–Trinajstić information content (AvgIpc) is 3.31. The number of amides is 1. The lowest BCUT2D eigenvalue weighted by Crippen LogP contribution is -2.18. The zero-order chi connectivity index (χ0) is 19.5. The summed E-state index contributed by atoms with van der Waals surface area (Å²) in [4.78, 5) is 20.2. The van der Waals surface area contributed by atoms with Gasteiger partial charge in [-0.3, -0.25) is 10.1 Å². The van der Waals surface area contributed by atoms with E-state index in [0.29, 0.717) is 17.8 Å². The minimum absolute atomic E-state index is 0.117. The van der Waals surface area contributed by atoms with Gasteiger partial charge in [-0.25, -0.2) is 13.9 Å². The lowest BCUT2D eigenvalue weighted by atomic mass is 10.1. The highest BCUT2D eigenvalue weighted by molar-refractivity contribution is 5.89. The van der Waals surface area contributed by atoms with E-state index in [0.717, 1.165) is 5.56 Å². The molecule has 0 unspecified atom stereocenters. The summed E-state index contributed by atoms with van der Waals surface area (Å²) < 4.78 is 22.5. The standard InChI is InChI=1S/C19H17FN6O2/c1-2-28-16-5-3-13(9-15(16)20)14-4-6-17-22-19(24-26(17)10-14)23-18(27)11-25-8-7-21-12-25/h3-10,12H,2,11H2,1H3,(H,23,24,27). The summed E-state index contributed by atoms with van der Waals surface area (Å²) in [6, 6.07) is 8.36. The van der Waals surface area contributed by atoms with Crippen LogP contribution in [0.1, 0.15) is 6.92 Å². The third kappa shape index (κ3) is 3.68. The number of rotatable bonds is 6. The summed E-state index contributed by atoms with van der Waals surface area (Å²) in [6.07, 6.45) is 6.57. The second-order valence-electron chi connectivity index (χ2n) is 6.02. The summed E-state index contributed by atoms with van der Waals surface area (Å²) in [5.74, 6) is -0.274. The third-order valence-corrected chi connectivity index (χ3v) is 4.03. The van der Waals surface area contributed by atoms with E-state index >= 15 is 0 Å². The number of carbonyl (C=O) groups is 1. The Balaban J connectivity index is 1.54. The molecule has 1 amide bonds. The van der Waals surface area contributed by atoms with Crippen LogP contribution in [0.2, 0.25) is 0 Å². The summed E-state index contributed by atoms with van der Waals surface area (Å²) in [7, 11) is 0. The van der Waals surface area contributed by atoms with E-state index in [1.54, 1.807) is 54.6 Å². The molecule has 4 aromatic rings. The van der Waals surface area contributed by atoms with Gasteiger partial charge in [0.2, 0.25) is 11.9 Å². The van der Waals surface area contributed by atoms with E-state index in [1.807, 2.05) is 6.07 Å². The fourth-order valence-corrected chi connectivity index (χ4v) is 2.77. The minimum Gasteiger partial charge on any atom is -0.491 e. The molecule has 0 saturated carbocycles. The van der Waals surface area contributed by atoms with Gasteiger partial charge < -0.3 is 9.30 Å². The fraction of sp³-hybridized carbons (Fsp3) is 0.158. The van der Waals surface area contributed by atoms with Gasteiger partial charge in [0.25, 0.3) is 0 Å². The maximum absolute atomic E-state index is 14.1. The summed E-state index contributed by atoms with van der Waals surface area (Å²) in [5, 5.41) is 6.92. The van der Waals surface area contributed by atoms with E-state index in [9.17, 15) is 9.18 Å². The van der Waals surface area contributed by atoms with E-state index in [1.165, 1.54) is 10.6 Å². The summed E-state index contributed by atoms with van der Waals surface area (Å²) in [6.45, 7) is 2.32. The Hall–Kier alpha value is -3.75. The topological polar surface area (TPSA) is 86.3 Å². The molecule has 1 N–H and O–H groups in total. The summed E-state index contributed by atoms with van der Waals surface area (Å²) in [5.41, 5.74) is 2.01. The van der Waals surface area contributed by atoms with Gasteiger partial charge in [-0.15, -0.1) is 5.10 Å². The van der Waals surface area contributed by atoms with Crippen molar-refractivity contribution in [3.63, 3.8) is 0 Å². The summed E-state index contributed by atoms with van der Waals surface area (Å²) >= 11 is 0. The molecule has 0 aliphatic carbocycles. The second-order valence-corrected chi connectivity index (χ2v) is 6.02. The number of anilines is 1. The van der Waals surface area contributed by atoms with Gasteiger partial charge in [-0.2, -0.15) is 4.98 Å². The SMILES string of the molecule is CCOc1ccc(-c2ccc3nc(NC(=O)Cn4ccnc4)nn3c2)cc1F. The maximum atomic E-state index is 14.1. The molecule has 28 heavy (non-hydrogen) atoms. The first-order valence-electron chi connectivity index (χ1n) is 8.67. The number of carbonyl (C=O) groups excluding carboxylic acids is 1. The van der Waals surface area contributed by atoms with Crippen molar-refractivity contribution in [1.29, 1.82) is 0 Å². The zero-order valence-corrected chi connectivity index (χ0v) is 15.0. The molecule has 0 aliphatic heterocycles. The van der Waals surface area contributed by atoms with Gasteiger partial charge in [-0.05, 0) is 36.8 Å². The Morgan fingerprint density at radius 3 is 2.86 bits per heavy atom. The number of nitrogens with one attached hydrogen (secondary N) is 1. The van der Waals surface area contributed by atoms with Crippen molar-refractivity contribution in [2.45, 2.75) is 13.5 Å². The van der Waals surface area contributed by atoms with Crippen LogP contribution in [0.25, 0.3) is 16.8 Å². The molecule has 0 saturated heterocycles.